The third-order valence-electron chi connectivity index (χ3n) is 4.54. The van der Waals surface area contributed by atoms with Gasteiger partial charge in [-0.25, -0.2) is 22.5 Å². The van der Waals surface area contributed by atoms with Gasteiger partial charge in [0.15, 0.2) is 0 Å². The van der Waals surface area contributed by atoms with Gasteiger partial charge in [0.2, 0.25) is 10.0 Å². The third-order valence-corrected chi connectivity index (χ3v) is 6.35. The van der Waals surface area contributed by atoms with Crippen molar-refractivity contribution in [2.45, 2.75) is 25.0 Å². The number of imidazole rings is 1. The maximum atomic E-state index is 12.4. The van der Waals surface area contributed by atoms with E-state index in [0.29, 0.717) is 17.9 Å². The first-order valence-corrected chi connectivity index (χ1v) is 10.4. The molecule has 3 aromatic rings. The lowest BCUT2D eigenvalue weighted by molar-refractivity contribution is -0.384. The Balaban J connectivity index is 1.85. The lowest BCUT2D eigenvalue weighted by Crippen LogP contribution is -2.22. The molecule has 1 aromatic heterocycles. The van der Waals surface area contributed by atoms with Crippen LogP contribution in [0.5, 0.6) is 0 Å². The first-order chi connectivity index (χ1) is 14.1. The number of carbonyl (C=O) groups is 1. The van der Waals surface area contributed by atoms with Gasteiger partial charge in [-0.1, -0.05) is 0 Å². The molecule has 0 spiro atoms. The summed E-state index contributed by atoms with van der Waals surface area (Å²) in [5, 5.41) is 10.7. The predicted octanol–water partition coefficient (Wildman–Crippen LogP) is 2.57. The van der Waals surface area contributed by atoms with E-state index in [1.165, 1.54) is 50.5 Å². The van der Waals surface area contributed by atoms with Crippen molar-refractivity contribution in [3.63, 3.8) is 0 Å². The van der Waals surface area contributed by atoms with E-state index in [2.05, 4.69) is 4.98 Å². The first-order valence-electron chi connectivity index (χ1n) is 8.98. The van der Waals surface area contributed by atoms with Crippen LogP contribution in [0.1, 0.15) is 23.1 Å². The average molecular weight is 432 g/mol. The van der Waals surface area contributed by atoms with Crippen molar-refractivity contribution in [2.75, 3.05) is 14.1 Å². The van der Waals surface area contributed by atoms with E-state index >= 15 is 0 Å². The minimum Gasteiger partial charge on any atom is -0.454 e. The quantitative estimate of drug-likeness (QED) is 0.319. The number of fused-ring (bicyclic) bond motifs is 1. The second kappa shape index (κ2) is 8.20. The van der Waals surface area contributed by atoms with Gasteiger partial charge < -0.3 is 9.30 Å². The number of esters is 1. The molecular weight excluding hydrogens is 412 g/mol. The Labute approximate surface area is 172 Å². The number of hydrogen-bond acceptors (Lipinski definition) is 7. The zero-order chi connectivity index (χ0) is 22.1. The molecule has 3 rings (SSSR count). The lowest BCUT2D eigenvalue weighted by atomic mass is 10.2. The second-order valence-corrected chi connectivity index (χ2v) is 8.74. The number of ether oxygens (including phenoxy) is 1. The Kier molecular flexibility index (Phi) is 5.85. The van der Waals surface area contributed by atoms with Crippen LogP contribution in [-0.2, 0) is 27.9 Å². The van der Waals surface area contributed by atoms with E-state index in [4.69, 9.17) is 4.74 Å². The molecule has 0 aliphatic heterocycles. The number of nitrogens with zero attached hydrogens (tertiary/aromatic N) is 4. The summed E-state index contributed by atoms with van der Waals surface area (Å²) in [6.07, 6.45) is 0. The smallest absolute Gasteiger partial charge is 0.338 e. The van der Waals surface area contributed by atoms with E-state index in [1.807, 2.05) is 11.5 Å². The highest BCUT2D eigenvalue weighted by Crippen LogP contribution is 2.23. The molecule has 10 nitrogen and oxygen atoms in total. The molecule has 0 N–H and O–H groups in total. The summed E-state index contributed by atoms with van der Waals surface area (Å²) in [7, 11) is -0.696. The Bertz CT molecular complexity index is 1220. The first kappa shape index (κ1) is 21.4. The standard InChI is InChI=1S/C19H20N4O6S/c1-4-22-17-10-9-15(30(27,28)21(2)3)11-16(17)20-18(22)12-29-19(24)13-5-7-14(8-6-13)23(25)26/h5-11H,4,12H2,1-3H3. The van der Waals surface area contributed by atoms with Crippen LogP contribution in [0.3, 0.4) is 0 Å². The van der Waals surface area contributed by atoms with Crippen molar-refractivity contribution < 1.29 is 22.9 Å². The van der Waals surface area contributed by atoms with Gasteiger partial charge in [-0.3, -0.25) is 10.1 Å². The highest BCUT2D eigenvalue weighted by molar-refractivity contribution is 7.89. The van der Waals surface area contributed by atoms with Crippen molar-refractivity contribution in [2.24, 2.45) is 0 Å². The van der Waals surface area contributed by atoms with Crippen molar-refractivity contribution >= 4 is 32.7 Å². The van der Waals surface area contributed by atoms with Gasteiger partial charge in [0.25, 0.3) is 5.69 Å². The van der Waals surface area contributed by atoms with Crippen LogP contribution in [0, 0.1) is 10.1 Å². The molecule has 0 saturated heterocycles. The molecule has 11 heteroatoms. The number of nitro groups is 1. The number of rotatable bonds is 7. The second-order valence-electron chi connectivity index (χ2n) is 6.59. The summed E-state index contributed by atoms with van der Waals surface area (Å²) in [6.45, 7) is 2.31. The van der Waals surface area contributed by atoms with Gasteiger partial charge in [-0.15, -0.1) is 0 Å². The molecule has 1 heterocycles. The molecule has 0 aliphatic rings. The van der Waals surface area contributed by atoms with Crippen LogP contribution in [-0.4, -0.2) is 47.3 Å². The summed E-state index contributed by atoms with van der Waals surface area (Å²) < 4.78 is 33.0. The van der Waals surface area contributed by atoms with Crippen LogP contribution < -0.4 is 0 Å². The molecule has 158 valence electrons. The Hall–Kier alpha value is -3.31. The average Bonchev–Trinajstić information content (AvgIpc) is 3.08. The lowest BCUT2D eigenvalue weighted by Gasteiger charge is -2.11. The minimum absolute atomic E-state index is 0.121. The number of nitro benzene ring substituents is 1. The van der Waals surface area contributed by atoms with Crippen LogP contribution in [0.2, 0.25) is 0 Å². The SMILES string of the molecule is CCn1c(COC(=O)c2ccc([N+](=O)[O-])cc2)nc2cc(S(=O)(=O)N(C)C)ccc21. The number of aromatic nitrogens is 2. The van der Waals surface area contributed by atoms with Gasteiger partial charge in [-0.2, -0.15) is 0 Å². The van der Waals surface area contributed by atoms with E-state index in [9.17, 15) is 23.3 Å². The Morgan fingerprint density at radius 3 is 2.43 bits per heavy atom. The molecule has 0 atom stereocenters. The summed E-state index contributed by atoms with van der Waals surface area (Å²) in [6, 6.07) is 9.76. The minimum atomic E-state index is -3.60. The molecule has 2 aromatic carbocycles. The largest absolute Gasteiger partial charge is 0.454 e. The van der Waals surface area contributed by atoms with E-state index in [1.54, 1.807) is 6.07 Å². The zero-order valence-electron chi connectivity index (χ0n) is 16.6. The van der Waals surface area contributed by atoms with Gasteiger partial charge >= 0.3 is 5.97 Å². The molecule has 0 bridgehead atoms. The van der Waals surface area contributed by atoms with Crippen LogP contribution in [0.25, 0.3) is 11.0 Å². The highest BCUT2D eigenvalue weighted by Gasteiger charge is 2.20. The summed E-state index contributed by atoms with van der Waals surface area (Å²) >= 11 is 0. The molecule has 0 radical (unpaired) electrons. The van der Waals surface area contributed by atoms with Gasteiger partial charge in [0, 0.05) is 32.8 Å². The molecular formula is C19H20N4O6S. The Morgan fingerprint density at radius 1 is 1.20 bits per heavy atom. The van der Waals surface area contributed by atoms with Crippen molar-refractivity contribution in [1.82, 2.24) is 13.9 Å². The Morgan fingerprint density at radius 2 is 1.87 bits per heavy atom. The third kappa shape index (κ3) is 4.02. The molecule has 0 amide bonds. The molecule has 0 unspecified atom stereocenters. The fourth-order valence-electron chi connectivity index (χ4n) is 2.93. The van der Waals surface area contributed by atoms with Crippen LogP contribution >= 0.6 is 0 Å². The summed E-state index contributed by atoms with van der Waals surface area (Å²) in [5.41, 5.74) is 1.25. The summed E-state index contributed by atoms with van der Waals surface area (Å²) in [5.74, 6) is -0.183. The number of sulfonamides is 1. The summed E-state index contributed by atoms with van der Waals surface area (Å²) in [4.78, 5) is 27.0. The normalized spacial score (nSPS) is 11.7. The van der Waals surface area contributed by atoms with Crippen molar-refractivity contribution in [1.29, 1.82) is 0 Å². The van der Waals surface area contributed by atoms with E-state index in [-0.39, 0.29) is 22.8 Å². The van der Waals surface area contributed by atoms with E-state index < -0.39 is 20.9 Å². The maximum Gasteiger partial charge on any atom is 0.338 e. The fraction of sp³-hybridized carbons (Fsp3) is 0.263. The molecule has 0 fully saturated rings. The van der Waals surface area contributed by atoms with Crippen LogP contribution in [0.15, 0.2) is 47.4 Å². The number of aryl methyl sites for hydroxylation is 1. The predicted molar refractivity (Wildman–Crippen MR) is 108 cm³/mol. The molecule has 30 heavy (non-hydrogen) atoms. The maximum absolute atomic E-state index is 12.4. The zero-order valence-corrected chi connectivity index (χ0v) is 17.4. The van der Waals surface area contributed by atoms with Crippen LogP contribution in [0.4, 0.5) is 5.69 Å². The number of benzene rings is 2. The van der Waals surface area contributed by atoms with Gasteiger partial charge in [0.1, 0.15) is 12.4 Å². The van der Waals surface area contributed by atoms with Gasteiger partial charge in [-0.05, 0) is 37.3 Å². The van der Waals surface area contributed by atoms with E-state index in [0.717, 1.165) is 9.82 Å². The topological polar surface area (TPSA) is 125 Å². The van der Waals surface area contributed by atoms with Crippen molar-refractivity contribution in [3.05, 3.63) is 64.0 Å². The fourth-order valence-corrected chi connectivity index (χ4v) is 3.85. The van der Waals surface area contributed by atoms with Gasteiger partial charge in [0.05, 0.1) is 26.4 Å². The molecule has 0 aliphatic carbocycles. The number of hydrogen-bond donors (Lipinski definition) is 0. The number of non-ortho nitro benzene ring substituents is 1. The highest BCUT2D eigenvalue weighted by atomic mass is 32.2. The molecule has 0 saturated carbocycles. The monoisotopic (exact) mass is 432 g/mol. The van der Waals surface area contributed by atoms with Crippen molar-refractivity contribution in [3.8, 4) is 0 Å². The number of carbonyl (C=O) groups excluding carboxylic acids is 1.